The minimum absolute atomic E-state index is 0.0632. The fourth-order valence-corrected chi connectivity index (χ4v) is 4.31. The van der Waals surface area contributed by atoms with Crippen LogP contribution in [0.15, 0.2) is 29.6 Å². The highest BCUT2D eigenvalue weighted by Gasteiger charge is 2.24. The number of rotatable bonds is 5. The number of amides is 1. The molecule has 1 amide bonds. The zero-order valence-electron chi connectivity index (χ0n) is 12.0. The molecule has 3 heterocycles. The van der Waals surface area contributed by atoms with E-state index in [4.69, 9.17) is 16.3 Å². The van der Waals surface area contributed by atoms with Crippen LogP contribution in [0.4, 0.5) is 0 Å². The number of thiophene rings is 2. The molecule has 2 aromatic heterocycles. The smallest absolute Gasteiger partial charge is 0.261 e. The maximum absolute atomic E-state index is 12.2. The van der Waals surface area contributed by atoms with E-state index in [1.54, 1.807) is 23.5 Å². The lowest BCUT2D eigenvalue weighted by molar-refractivity contribution is 0.0169. The Hall–Kier alpha value is -0.920. The van der Waals surface area contributed by atoms with Gasteiger partial charge in [-0.15, -0.1) is 22.7 Å². The van der Waals surface area contributed by atoms with Crippen molar-refractivity contribution in [3.63, 3.8) is 0 Å². The van der Waals surface area contributed by atoms with E-state index in [1.807, 2.05) is 6.07 Å². The Morgan fingerprint density at radius 1 is 1.36 bits per heavy atom. The molecule has 1 N–H and O–H groups in total. The SMILES string of the molecule is O=C(NC[C@H](c1cccs1)N1CCOCC1)c1ccc(Cl)s1. The third-order valence-electron chi connectivity index (χ3n) is 3.61. The molecular formula is C15H17ClN2O2S2. The van der Waals surface area contributed by atoms with Crippen molar-refractivity contribution in [1.29, 1.82) is 0 Å². The third-order valence-corrected chi connectivity index (χ3v) is 5.81. The van der Waals surface area contributed by atoms with Crippen LogP contribution < -0.4 is 5.32 Å². The summed E-state index contributed by atoms with van der Waals surface area (Å²) in [5, 5.41) is 5.11. The highest BCUT2D eigenvalue weighted by molar-refractivity contribution is 7.18. The van der Waals surface area contributed by atoms with Crippen molar-refractivity contribution in [3.05, 3.63) is 43.7 Å². The van der Waals surface area contributed by atoms with E-state index in [1.165, 1.54) is 16.2 Å². The van der Waals surface area contributed by atoms with Crippen molar-refractivity contribution in [2.75, 3.05) is 32.8 Å². The maximum Gasteiger partial charge on any atom is 0.261 e. The molecule has 0 aliphatic carbocycles. The molecule has 22 heavy (non-hydrogen) atoms. The number of nitrogens with zero attached hydrogens (tertiary/aromatic N) is 1. The molecule has 0 radical (unpaired) electrons. The lowest BCUT2D eigenvalue weighted by Crippen LogP contribution is -2.43. The van der Waals surface area contributed by atoms with Crippen molar-refractivity contribution in [2.45, 2.75) is 6.04 Å². The van der Waals surface area contributed by atoms with Crippen molar-refractivity contribution in [2.24, 2.45) is 0 Å². The summed E-state index contributed by atoms with van der Waals surface area (Å²) >= 11 is 8.92. The molecular weight excluding hydrogens is 340 g/mol. The van der Waals surface area contributed by atoms with Crippen molar-refractivity contribution in [1.82, 2.24) is 10.2 Å². The van der Waals surface area contributed by atoms with Crippen LogP contribution in [0.3, 0.4) is 0 Å². The first-order valence-electron chi connectivity index (χ1n) is 7.13. The number of hydrogen-bond donors (Lipinski definition) is 1. The molecule has 7 heteroatoms. The minimum atomic E-state index is -0.0632. The van der Waals surface area contributed by atoms with E-state index in [2.05, 4.69) is 21.7 Å². The van der Waals surface area contributed by atoms with E-state index in [9.17, 15) is 4.79 Å². The summed E-state index contributed by atoms with van der Waals surface area (Å²) in [6, 6.07) is 7.88. The van der Waals surface area contributed by atoms with E-state index < -0.39 is 0 Å². The standard InChI is InChI=1S/C15H17ClN2O2S2/c16-14-4-3-13(22-14)15(19)17-10-11(12-2-1-9-21-12)18-5-7-20-8-6-18/h1-4,9,11H,5-8,10H2,(H,17,19)/t11-/m1/s1. The first-order valence-corrected chi connectivity index (χ1v) is 9.20. The first kappa shape index (κ1) is 16.0. The van der Waals surface area contributed by atoms with Crippen LogP contribution in [0.5, 0.6) is 0 Å². The number of halogens is 1. The quantitative estimate of drug-likeness (QED) is 0.894. The molecule has 3 rings (SSSR count). The van der Waals surface area contributed by atoms with Gasteiger partial charge in [-0.2, -0.15) is 0 Å². The third kappa shape index (κ3) is 3.88. The highest BCUT2D eigenvalue weighted by atomic mass is 35.5. The molecule has 0 saturated carbocycles. The number of ether oxygens (including phenoxy) is 1. The van der Waals surface area contributed by atoms with E-state index in [0.29, 0.717) is 15.8 Å². The number of morpholine rings is 1. The highest BCUT2D eigenvalue weighted by Crippen LogP contribution is 2.26. The molecule has 1 aliphatic rings. The van der Waals surface area contributed by atoms with Gasteiger partial charge in [0.25, 0.3) is 5.91 Å². The molecule has 0 unspecified atom stereocenters. The predicted octanol–water partition coefficient (Wildman–Crippen LogP) is 3.27. The average Bonchev–Trinajstić information content (AvgIpc) is 3.20. The van der Waals surface area contributed by atoms with Crippen LogP contribution in [0, 0.1) is 0 Å². The Labute approximate surface area is 142 Å². The molecule has 1 aliphatic heterocycles. The number of hydrogen-bond acceptors (Lipinski definition) is 5. The van der Waals surface area contributed by atoms with Gasteiger partial charge in [-0.25, -0.2) is 0 Å². The second-order valence-electron chi connectivity index (χ2n) is 4.99. The van der Waals surface area contributed by atoms with E-state index >= 15 is 0 Å². The topological polar surface area (TPSA) is 41.6 Å². The molecule has 1 atom stereocenters. The van der Waals surface area contributed by atoms with Gasteiger partial charge in [-0.1, -0.05) is 17.7 Å². The fourth-order valence-electron chi connectivity index (χ4n) is 2.49. The van der Waals surface area contributed by atoms with Gasteiger partial charge in [0.2, 0.25) is 0 Å². The number of carbonyl (C=O) groups excluding carboxylic acids is 1. The van der Waals surface area contributed by atoms with E-state index in [0.717, 1.165) is 26.3 Å². The summed E-state index contributed by atoms with van der Waals surface area (Å²) in [5.41, 5.74) is 0. The lowest BCUT2D eigenvalue weighted by atomic mass is 10.2. The molecule has 4 nitrogen and oxygen atoms in total. The van der Waals surface area contributed by atoms with Crippen molar-refractivity contribution in [3.8, 4) is 0 Å². The summed E-state index contributed by atoms with van der Waals surface area (Å²) < 4.78 is 6.06. The monoisotopic (exact) mass is 356 g/mol. The number of carbonyl (C=O) groups is 1. The first-order chi connectivity index (χ1) is 10.7. The minimum Gasteiger partial charge on any atom is -0.379 e. The van der Waals surface area contributed by atoms with Crippen LogP contribution in [0.25, 0.3) is 0 Å². The summed E-state index contributed by atoms with van der Waals surface area (Å²) in [6.07, 6.45) is 0. The second kappa shape index (κ2) is 7.57. The molecule has 2 aromatic rings. The predicted molar refractivity (Wildman–Crippen MR) is 91.1 cm³/mol. The summed E-state index contributed by atoms with van der Waals surface area (Å²) in [5.74, 6) is -0.0632. The Bertz CT molecular complexity index is 609. The van der Waals surface area contributed by atoms with Gasteiger partial charge in [-0.05, 0) is 23.6 Å². The molecule has 0 bridgehead atoms. The zero-order valence-corrected chi connectivity index (χ0v) is 14.3. The van der Waals surface area contributed by atoms with Crippen molar-refractivity contribution < 1.29 is 9.53 Å². The van der Waals surface area contributed by atoms with Crippen LogP contribution in [0.2, 0.25) is 4.34 Å². The van der Waals surface area contributed by atoms with Gasteiger partial charge < -0.3 is 10.1 Å². The normalized spacial score (nSPS) is 17.3. The van der Waals surface area contributed by atoms with E-state index in [-0.39, 0.29) is 11.9 Å². The Kier molecular flexibility index (Phi) is 5.49. The van der Waals surface area contributed by atoms with Crippen LogP contribution in [-0.2, 0) is 4.74 Å². The molecule has 0 aromatic carbocycles. The molecule has 0 spiro atoms. The van der Waals surface area contributed by atoms with Gasteiger partial charge >= 0.3 is 0 Å². The molecule has 118 valence electrons. The molecule has 1 fully saturated rings. The fraction of sp³-hybridized carbons (Fsp3) is 0.400. The average molecular weight is 357 g/mol. The van der Waals surface area contributed by atoms with Crippen molar-refractivity contribution >= 4 is 40.2 Å². The van der Waals surface area contributed by atoms with Gasteiger partial charge in [0.1, 0.15) is 0 Å². The van der Waals surface area contributed by atoms with Crippen LogP contribution >= 0.6 is 34.3 Å². The van der Waals surface area contributed by atoms with Gasteiger partial charge in [0, 0.05) is 24.5 Å². The summed E-state index contributed by atoms with van der Waals surface area (Å²) in [6.45, 7) is 3.87. The van der Waals surface area contributed by atoms with Gasteiger partial charge in [-0.3, -0.25) is 9.69 Å². The van der Waals surface area contributed by atoms with Crippen LogP contribution in [-0.4, -0.2) is 43.7 Å². The summed E-state index contributed by atoms with van der Waals surface area (Å²) in [7, 11) is 0. The van der Waals surface area contributed by atoms with Crippen LogP contribution in [0.1, 0.15) is 20.6 Å². The Balaban J connectivity index is 1.66. The van der Waals surface area contributed by atoms with Gasteiger partial charge in [0.05, 0.1) is 28.5 Å². The lowest BCUT2D eigenvalue weighted by Gasteiger charge is -2.34. The largest absolute Gasteiger partial charge is 0.379 e. The molecule has 1 saturated heterocycles. The maximum atomic E-state index is 12.2. The zero-order chi connectivity index (χ0) is 15.4. The van der Waals surface area contributed by atoms with Gasteiger partial charge in [0.15, 0.2) is 0 Å². The Morgan fingerprint density at radius 2 is 2.18 bits per heavy atom. The summed E-state index contributed by atoms with van der Waals surface area (Å²) in [4.78, 5) is 16.5. The second-order valence-corrected chi connectivity index (χ2v) is 7.69. The number of nitrogens with one attached hydrogen (secondary N) is 1. The Morgan fingerprint density at radius 3 is 2.82 bits per heavy atom.